The first kappa shape index (κ1) is 16.5. The average Bonchev–Trinajstić information content (AvgIpc) is 3.27. The van der Waals surface area contributed by atoms with Crippen molar-refractivity contribution >= 4 is 28.4 Å². The van der Waals surface area contributed by atoms with Crippen molar-refractivity contribution in [3.63, 3.8) is 0 Å². The number of carbonyl (C=O) groups is 1. The number of aromatic nitrogens is 3. The number of imidazole rings is 1. The van der Waals surface area contributed by atoms with Gasteiger partial charge < -0.3 is 14.8 Å². The molecule has 134 valence electrons. The van der Waals surface area contributed by atoms with Gasteiger partial charge in [-0.15, -0.1) is 0 Å². The summed E-state index contributed by atoms with van der Waals surface area (Å²) in [4.78, 5) is 30.8. The first-order valence-corrected chi connectivity index (χ1v) is 8.00. The summed E-state index contributed by atoms with van der Waals surface area (Å²) in [6, 6.07) is 13.1. The Labute approximate surface area is 152 Å². The molecule has 0 atom stereocenters. The molecule has 0 aliphatic carbocycles. The minimum absolute atomic E-state index is 0.102. The van der Waals surface area contributed by atoms with E-state index >= 15 is 0 Å². The number of aryl methyl sites for hydroxylation is 1. The lowest BCUT2D eigenvalue weighted by Crippen LogP contribution is -2.13. The molecule has 0 fully saturated rings. The Morgan fingerprint density at radius 1 is 1.22 bits per heavy atom. The maximum Gasteiger partial charge on any atom is 0.297 e. The Morgan fingerprint density at radius 2 is 2.04 bits per heavy atom. The number of non-ortho nitro benzene ring substituents is 1. The highest BCUT2D eigenvalue weighted by Gasteiger charge is 2.20. The molecule has 9 heteroatoms. The van der Waals surface area contributed by atoms with E-state index < -0.39 is 10.8 Å². The number of fused-ring (bicyclic) bond motifs is 1. The Bertz CT molecular complexity index is 1180. The van der Waals surface area contributed by atoms with Crippen LogP contribution < -0.4 is 5.32 Å². The third kappa shape index (κ3) is 3.01. The van der Waals surface area contributed by atoms with Crippen molar-refractivity contribution in [3.05, 3.63) is 70.0 Å². The number of H-pyrrole nitrogens is 1. The highest BCUT2D eigenvalue weighted by molar-refractivity contribution is 6.08. The molecule has 2 heterocycles. The second-order valence-corrected chi connectivity index (χ2v) is 5.84. The summed E-state index contributed by atoms with van der Waals surface area (Å²) in [6.07, 6.45) is 0. The number of nitro benzene ring substituents is 1. The summed E-state index contributed by atoms with van der Waals surface area (Å²) < 4.78 is 4.94. The van der Waals surface area contributed by atoms with Crippen LogP contribution in [0.4, 0.5) is 11.5 Å². The Morgan fingerprint density at radius 3 is 2.78 bits per heavy atom. The molecular weight excluding hydrogens is 350 g/mol. The van der Waals surface area contributed by atoms with Gasteiger partial charge in [0.05, 0.1) is 16.0 Å². The second kappa shape index (κ2) is 6.37. The number of nitro groups is 1. The normalized spacial score (nSPS) is 10.9. The lowest BCUT2D eigenvalue weighted by molar-refractivity contribution is -0.383. The number of hydrogen-bond acceptors (Lipinski definition) is 6. The lowest BCUT2D eigenvalue weighted by atomic mass is 10.1. The molecule has 0 aliphatic heterocycles. The minimum atomic E-state index is -0.488. The molecule has 9 nitrogen and oxygen atoms in total. The molecule has 0 saturated carbocycles. The van der Waals surface area contributed by atoms with E-state index in [0.717, 1.165) is 0 Å². The van der Waals surface area contributed by atoms with Crippen LogP contribution in [0.15, 0.2) is 53.1 Å². The smallest absolute Gasteiger partial charge is 0.297 e. The average molecular weight is 363 g/mol. The number of anilines is 1. The molecular formula is C18H13N5O4. The number of para-hydroxylation sites is 1. The van der Waals surface area contributed by atoms with Crippen molar-refractivity contribution in [1.29, 1.82) is 0 Å². The molecule has 1 amide bonds. The van der Waals surface area contributed by atoms with E-state index in [1.807, 2.05) is 0 Å². The summed E-state index contributed by atoms with van der Waals surface area (Å²) in [5.41, 5.74) is 1.51. The SMILES string of the molecule is Cc1cc(NC(=O)c2ccccc2-c2nc3c([N+](=O)[O-])cccc3[nH]2)no1. The summed E-state index contributed by atoms with van der Waals surface area (Å²) in [7, 11) is 0. The van der Waals surface area contributed by atoms with Crippen LogP contribution in [0, 0.1) is 17.0 Å². The van der Waals surface area contributed by atoms with Crippen LogP contribution in [0.5, 0.6) is 0 Å². The van der Waals surface area contributed by atoms with Crippen molar-refractivity contribution in [3.8, 4) is 11.4 Å². The van der Waals surface area contributed by atoms with E-state index in [2.05, 4.69) is 20.4 Å². The van der Waals surface area contributed by atoms with E-state index in [-0.39, 0.29) is 11.2 Å². The number of hydrogen-bond donors (Lipinski definition) is 2. The van der Waals surface area contributed by atoms with Crippen LogP contribution in [0.2, 0.25) is 0 Å². The number of amides is 1. The number of nitrogens with zero attached hydrogens (tertiary/aromatic N) is 3. The maximum absolute atomic E-state index is 12.7. The fraction of sp³-hybridized carbons (Fsp3) is 0.0556. The number of benzene rings is 2. The van der Waals surface area contributed by atoms with Gasteiger partial charge in [-0.25, -0.2) is 4.98 Å². The molecule has 0 bridgehead atoms. The Balaban J connectivity index is 1.77. The molecule has 4 aromatic rings. The fourth-order valence-electron chi connectivity index (χ4n) is 2.79. The van der Waals surface area contributed by atoms with Gasteiger partial charge in [0.2, 0.25) is 0 Å². The van der Waals surface area contributed by atoms with Crippen molar-refractivity contribution < 1.29 is 14.2 Å². The van der Waals surface area contributed by atoms with Gasteiger partial charge in [0.1, 0.15) is 11.6 Å². The predicted octanol–water partition coefficient (Wildman–Crippen LogP) is 3.69. The van der Waals surface area contributed by atoms with Gasteiger partial charge in [0.15, 0.2) is 11.3 Å². The molecule has 0 aliphatic rings. The molecule has 4 rings (SSSR count). The zero-order chi connectivity index (χ0) is 19.0. The molecule has 0 radical (unpaired) electrons. The van der Waals surface area contributed by atoms with Gasteiger partial charge in [-0.2, -0.15) is 0 Å². The largest absolute Gasteiger partial charge is 0.360 e. The van der Waals surface area contributed by atoms with Gasteiger partial charge in [0, 0.05) is 17.7 Å². The van der Waals surface area contributed by atoms with Crippen LogP contribution in [0.25, 0.3) is 22.4 Å². The zero-order valence-corrected chi connectivity index (χ0v) is 14.1. The number of nitrogens with one attached hydrogen (secondary N) is 2. The number of aromatic amines is 1. The quantitative estimate of drug-likeness (QED) is 0.420. The topological polar surface area (TPSA) is 127 Å². The zero-order valence-electron chi connectivity index (χ0n) is 14.1. The van der Waals surface area contributed by atoms with Gasteiger partial charge in [-0.1, -0.05) is 29.4 Å². The fourth-order valence-corrected chi connectivity index (χ4v) is 2.79. The third-order valence-corrected chi connectivity index (χ3v) is 3.98. The second-order valence-electron chi connectivity index (χ2n) is 5.84. The molecule has 2 aromatic carbocycles. The molecule has 2 N–H and O–H groups in total. The van der Waals surface area contributed by atoms with E-state index in [4.69, 9.17) is 4.52 Å². The standard InChI is InChI=1S/C18H13N5O4/c1-10-9-15(22-27-10)20-18(24)12-6-3-2-5-11(12)17-19-13-7-4-8-14(23(25)26)16(13)21-17/h2-9H,1H3,(H,19,21)(H,20,22,24). The van der Waals surface area contributed by atoms with Gasteiger partial charge >= 0.3 is 0 Å². The molecule has 2 aromatic heterocycles. The van der Waals surface area contributed by atoms with E-state index in [0.29, 0.717) is 34.0 Å². The summed E-state index contributed by atoms with van der Waals surface area (Å²) >= 11 is 0. The van der Waals surface area contributed by atoms with Crippen molar-refractivity contribution in [2.45, 2.75) is 6.92 Å². The summed E-state index contributed by atoms with van der Waals surface area (Å²) in [6.45, 7) is 1.72. The lowest BCUT2D eigenvalue weighted by Gasteiger charge is -2.06. The highest BCUT2D eigenvalue weighted by atomic mass is 16.6. The van der Waals surface area contributed by atoms with E-state index in [1.165, 1.54) is 6.07 Å². The number of rotatable bonds is 4. The third-order valence-electron chi connectivity index (χ3n) is 3.98. The van der Waals surface area contributed by atoms with E-state index in [1.54, 1.807) is 49.4 Å². The van der Waals surface area contributed by atoms with Gasteiger partial charge in [0.25, 0.3) is 11.6 Å². The first-order valence-electron chi connectivity index (χ1n) is 8.00. The predicted molar refractivity (Wildman–Crippen MR) is 97.4 cm³/mol. The monoisotopic (exact) mass is 363 g/mol. The van der Waals surface area contributed by atoms with E-state index in [9.17, 15) is 14.9 Å². The van der Waals surface area contributed by atoms with Crippen LogP contribution in [-0.4, -0.2) is 26.0 Å². The summed E-state index contributed by atoms with van der Waals surface area (Å²) in [5.74, 6) is 0.839. The van der Waals surface area contributed by atoms with Crippen LogP contribution in [0.3, 0.4) is 0 Å². The Hall–Kier alpha value is -4.01. The highest BCUT2D eigenvalue weighted by Crippen LogP contribution is 2.29. The first-order chi connectivity index (χ1) is 13.0. The molecule has 0 saturated heterocycles. The Kier molecular flexibility index (Phi) is 3.88. The number of carbonyl (C=O) groups excluding carboxylic acids is 1. The minimum Gasteiger partial charge on any atom is -0.360 e. The maximum atomic E-state index is 12.7. The summed E-state index contributed by atoms with van der Waals surface area (Å²) in [5, 5.41) is 17.6. The van der Waals surface area contributed by atoms with Gasteiger partial charge in [-0.05, 0) is 19.1 Å². The molecule has 0 unspecified atom stereocenters. The van der Waals surface area contributed by atoms with Crippen LogP contribution >= 0.6 is 0 Å². The molecule has 0 spiro atoms. The van der Waals surface area contributed by atoms with Crippen LogP contribution in [0.1, 0.15) is 16.1 Å². The van der Waals surface area contributed by atoms with Crippen molar-refractivity contribution in [1.82, 2.24) is 15.1 Å². The van der Waals surface area contributed by atoms with Gasteiger partial charge in [-0.3, -0.25) is 14.9 Å². The molecule has 27 heavy (non-hydrogen) atoms. The van der Waals surface area contributed by atoms with Crippen LogP contribution in [-0.2, 0) is 0 Å². The van der Waals surface area contributed by atoms with Crippen molar-refractivity contribution in [2.24, 2.45) is 0 Å². The van der Waals surface area contributed by atoms with Crippen molar-refractivity contribution in [2.75, 3.05) is 5.32 Å².